The van der Waals surface area contributed by atoms with Crippen molar-refractivity contribution >= 4 is 20.9 Å². The number of rotatable bonds is 4. The lowest BCUT2D eigenvalue weighted by Gasteiger charge is -2.24. The molecule has 3 aromatic rings. The van der Waals surface area contributed by atoms with Crippen LogP contribution in [0.4, 0.5) is 0 Å². The standard InChI is InChI=1S/C19H23N5O3S/c1-13(2)23-11-17(20-12-23)28(26,27)24-10-6-9-16(24)18-21-15-8-5-4-7-14(15)19(25)22(18)3/h4-5,7-8,11-13,16H,6,9-10H2,1-3H3. The van der Waals surface area contributed by atoms with Crippen LogP contribution >= 0.6 is 0 Å². The highest BCUT2D eigenvalue weighted by Gasteiger charge is 2.39. The Kier molecular flexibility index (Phi) is 4.59. The van der Waals surface area contributed by atoms with E-state index >= 15 is 0 Å². The maximum Gasteiger partial charge on any atom is 0.262 e. The second-order valence-corrected chi connectivity index (χ2v) is 9.22. The van der Waals surface area contributed by atoms with Gasteiger partial charge in [-0.25, -0.2) is 18.4 Å². The van der Waals surface area contributed by atoms with Gasteiger partial charge in [-0.2, -0.15) is 4.31 Å². The molecule has 0 saturated carbocycles. The molecule has 1 aliphatic rings. The first-order chi connectivity index (χ1) is 13.3. The molecule has 0 aliphatic carbocycles. The van der Waals surface area contributed by atoms with Crippen molar-refractivity contribution in [2.75, 3.05) is 6.54 Å². The van der Waals surface area contributed by atoms with Gasteiger partial charge < -0.3 is 4.57 Å². The summed E-state index contributed by atoms with van der Waals surface area (Å²) in [4.78, 5) is 21.5. The van der Waals surface area contributed by atoms with Crippen LogP contribution in [0.1, 0.15) is 44.6 Å². The van der Waals surface area contributed by atoms with Gasteiger partial charge in [0.2, 0.25) is 0 Å². The summed E-state index contributed by atoms with van der Waals surface area (Å²) in [6.07, 6.45) is 4.41. The Balaban J connectivity index is 1.79. The molecule has 1 fully saturated rings. The predicted octanol–water partition coefficient (Wildman–Crippen LogP) is 2.24. The summed E-state index contributed by atoms with van der Waals surface area (Å²) in [7, 11) is -2.14. The van der Waals surface area contributed by atoms with E-state index in [1.165, 1.54) is 15.2 Å². The molecule has 4 rings (SSSR count). The lowest BCUT2D eigenvalue weighted by molar-refractivity contribution is 0.372. The van der Waals surface area contributed by atoms with Crippen molar-refractivity contribution in [3.63, 3.8) is 0 Å². The van der Waals surface area contributed by atoms with Crippen molar-refractivity contribution in [2.24, 2.45) is 7.05 Å². The van der Waals surface area contributed by atoms with Crippen molar-refractivity contribution in [3.05, 3.63) is 53.0 Å². The van der Waals surface area contributed by atoms with E-state index < -0.39 is 16.1 Å². The third kappa shape index (κ3) is 2.94. The summed E-state index contributed by atoms with van der Waals surface area (Å²) in [6, 6.07) is 6.75. The quantitative estimate of drug-likeness (QED) is 0.669. The van der Waals surface area contributed by atoms with Crippen LogP contribution in [0.25, 0.3) is 10.9 Å². The minimum absolute atomic E-state index is 0.0267. The lowest BCUT2D eigenvalue weighted by Crippen LogP contribution is -2.35. The van der Waals surface area contributed by atoms with Crippen LogP contribution in [0.2, 0.25) is 0 Å². The highest BCUT2D eigenvalue weighted by molar-refractivity contribution is 7.89. The average Bonchev–Trinajstić information content (AvgIpc) is 3.34. The van der Waals surface area contributed by atoms with Gasteiger partial charge in [-0.3, -0.25) is 9.36 Å². The number of hydrogen-bond donors (Lipinski definition) is 0. The molecule has 9 heteroatoms. The van der Waals surface area contributed by atoms with Gasteiger partial charge in [-0.15, -0.1) is 0 Å². The van der Waals surface area contributed by atoms with E-state index in [-0.39, 0.29) is 16.6 Å². The molecule has 2 aromatic heterocycles. The Morgan fingerprint density at radius 3 is 2.68 bits per heavy atom. The molecule has 3 heterocycles. The molecule has 0 radical (unpaired) electrons. The van der Waals surface area contributed by atoms with Crippen LogP contribution < -0.4 is 5.56 Å². The monoisotopic (exact) mass is 401 g/mol. The first-order valence-corrected chi connectivity index (χ1v) is 10.8. The molecule has 0 N–H and O–H groups in total. The fourth-order valence-electron chi connectivity index (χ4n) is 3.67. The summed E-state index contributed by atoms with van der Waals surface area (Å²) < 4.78 is 31.2. The van der Waals surface area contributed by atoms with Crippen LogP contribution in [-0.4, -0.2) is 38.4 Å². The van der Waals surface area contributed by atoms with Crippen LogP contribution in [0, 0.1) is 0 Å². The van der Waals surface area contributed by atoms with Gasteiger partial charge in [-0.05, 0) is 38.8 Å². The topological polar surface area (TPSA) is 90.1 Å². The molecule has 1 aromatic carbocycles. The van der Waals surface area contributed by atoms with Crippen LogP contribution in [-0.2, 0) is 17.1 Å². The number of nitrogens with zero attached hydrogens (tertiary/aromatic N) is 5. The van der Waals surface area contributed by atoms with E-state index in [0.717, 1.165) is 0 Å². The van der Waals surface area contributed by atoms with E-state index in [2.05, 4.69) is 9.97 Å². The number of aromatic nitrogens is 4. The largest absolute Gasteiger partial charge is 0.334 e. The molecular weight excluding hydrogens is 378 g/mol. The third-order valence-corrected chi connectivity index (χ3v) is 7.06. The van der Waals surface area contributed by atoms with Gasteiger partial charge in [0.15, 0.2) is 5.03 Å². The van der Waals surface area contributed by atoms with Gasteiger partial charge in [0, 0.05) is 25.8 Å². The number of hydrogen-bond acceptors (Lipinski definition) is 5. The molecule has 148 valence electrons. The molecule has 0 spiro atoms. The molecule has 1 saturated heterocycles. The summed E-state index contributed by atoms with van der Waals surface area (Å²) in [5.41, 5.74) is 0.405. The number of para-hydroxylation sites is 1. The van der Waals surface area contributed by atoms with E-state index in [0.29, 0.717) is 36.1 Å². The predicted molar refractivity (Wildman–Crippen MR) is 105 cm³/mol. The second-order valence-electron chi connectivity index (χ2n) is 7.38. The zero-order valence-corrected chi connectivity index (χ0v) is 16.9. The Labute approximate surface area is 163 Å². The first-order valence-electron chi connectivity index (χ1n) is 9.31. The SMILES string of the molecule is CC(C)n1cnc(S(=O)(=O)N2CCCC2c2nc3ccccc3c(=O)n2C)c1. The zero-order valence-electron chi connectivity index (χ0n) is 16.1. The molecular formula is C19H23N5O3S. The number of imidazole rings is 1. The fraction of sp³-hybridized carbons (Fsp3) is 0.421. The van der Waals surface area contributed by atoms with Crippen molar-refractivity contribution in [1.29, 1.82) is 0 Å². The molecule has 1 aliphatic heterocycles. The fourth-order valence-corrected chi connectivity index (χ4v) is 5.25. The van der Waals surface area contributed by atoms with Gasteiger partial charge >= 0.3 is 0 Å². The zero-order chi connectivity index (χ0) is 20.1. The van der Waals surface area contributed by atoms with E-state index in [1.807, 2.05) is 19.9 Å². The molecule has 0 bridgehead atoms. The molecule has 0 amide bonds. The van der Waals surface area contributed by atoms with Crippen LogP contribution in [0.15, 0.2) is 46.6 Å². The maximum absolute atomic E-state index is 13.2. The van der Waals surface area contributed by atoms with Gasteiger partial charge in [0.05, 0.1) is 23.3 Å². The van der Waals surface area contributed by atoms with Crippen molar-refractivity contribution in [3.8, 4) is 0 Å². The van der Waals surface area contributed by atoms with Crippen molar-refractivity contribution < 1.29 is 8.42 Å². The summed E-state index contributed by atoms with van der Waals surface area (Å²) in [6.45, 7) is 4.31. The van der Waals surface area contributed by atoms with Crippen LogP contribution in [0.5, 0.6) is 0 Å². The summed E-state index contributed by atoms with van der Waals surface area (Å²) in [5, 5.41) is 0.552. The highest BCUT2D eigenvalue weighted by atomic mass is 32.2. The summed E-state index contributed by atoms with van der Waals surface area (Å²) >= 11 is 0. The van der Waals surface area contributed by atoms with Crippen molar-refractivity contribution in [2.45, 2.75) is 43.8 Å². The minimum Gasteiger partial charge on any atom is -0.334 e. The molecule has 1 atom stereocenters. The Morgan fingerprint density at radius 1 is 1.21 bits per heavy atom. The Hall–Kier alpha value is -2.52. The number of benzene rings is 1. The minimum atomic E-state index is -3.79. The van der Waals surface area contributed by atoms with Gasteiger partial charge in [-0.1, -0.05) is 12.1 Å². The Bertz CT molecular complexity index is 1200. The van der Waals surface area contributed by atoms with Gasteiger partial charge in [0.25, 0.3) is 15.6 Å². The maximum atomic E-state index is 13.2. The normalized spacial score (nSPS) is 18.4. The van der Waals surface area contributed by atoms with Gasteiger partial charge in [0.1, 0.15) is 5.82 Å². The van der Waals surface area contributed by atoms with Crippen LogP contribution in [0.3, 0.4) is 0 Å². The van der Waals surface area contributed by atoms with E-state index in [4.69, 9.17) is 0 Å². The number of fused-ring (bicyclic) bond motifs is 1. The Morgan fingerprint density at radius 2 is 1.96 bits per heavy atom. The smallest absolute Gasteiger partial charge is 0.262 e. The van der Waals surface area contributed by atoms with E-state index in [1.54, 1.807) is 36.0 Å². The molecule has 8 nitrogen and oxygen atoms in total. The molecule has 1 unspecified atom stereocenters. The van der Waals surface area contributed by atoms with Crippen molar-refractivity contribution in [1.82, 2.24) is 23.4 Å². The highest BCUT2D eigenvalue weighted by Crippen LogP contribution is 2.35. The molecule has 28 heavy (non-hydrogen) atoms. The first kappa shape index (κ1) is 18.8. The van der Waals surface area contributed by atoms with E-state index in [9.17, 15) is 13.2 Å². The average molecular weight is 401 g/mol. The summed E-state index contributed by atoms with van der Waals surface area (Å²) in [5.74, 6) is 0.466. The number of sulfonamides is 1. The third-order valence-electron chi connectivity index (χ3n) is 5.27. The second kappa shape index (κ2) is 6.82. The lowest BCUT2D eigenvalue weighted by atomic mass is 10.2.